The summed E-state index contributed by atoms with van der Waals surface area (Å²) in [4.78, 5) is 20.8. The number of nitrogens with one attached hydrogen (secondary N) is 1. The molecule has 5 aromatic carbocycles. The van der Waals surface area contributed by atoms with Crippen LogP contribution in [0.2, 0.25) is 0 Å². The van der Waals surface area contributed by atoms with Crippen LogP contribution in [0.25, 0.3) is 28.3 Å². The van der Waals surface area contributed by atoms with Gasteiger partial charge >= 0.3 is 0 Å². The fourth-order valence-electron chi connectivity index (χ4n) is 7.52. The van der Waals surface area contributed by atoms with Crippen LogP contribution in [0, 0.1) is 6.92 Å². The molecule has 256 valence electrons. The maximum Gasteiger partial charge on any atom is 0.256 e. The van der Waals surface area contributed by atoms with Crippen LogP contribution in [0.5, 0.6) is 0 Å². The van der Waals surface area contributed by atoms with Gasteiger partial charge < -0.3 is 0 Å². The Morgan fingerprint density at radius 2 is 1.29 bits per heavy atom. The topological polar surface area (TPSA) is 93.8 Å². The van der Waals surface area contributed by atoms with E-state index in [1.54, 1.807) is 0 Å². The molecule has 0 aliphatic rings. The van der Waals surface area contributed by atoms with Crippen molar-refractivity contribution in [1.82, 2.24) is 34.6 Å². The quantitative estimate of drug-likeness (QED) is 0.138. The summed E-state index contributed by atoms with van der Waals surface area (Å²) in [6, 6.07) is 48.0. The second-order valence-corrected chi connectivity index (χ2v) is 13.2. The van der Waals surface area contributed by atoms with Crippen molar-refractivity contribution in [2.75, 3.05) is 0 Å². The first-order valence-electron chi connectivity index (χ1n) is 17.8. The zero-order chi connectivity index (χ0) is 35.5. The summed E-state index contributed by atoms with van der Waals surface area (Å²) in [5.41, 5.74) is 9.02. The predicted molar refractivity (Wildman–Crippen MR) is 205 cm³/mol. The largest absolute Gasteiger partial charge is 0.292 e. The lowest BCUT2D eigenvalue weighted by atomic mass is 9.77. The Labute approximate surface area is 302 Å². The molecule has 3 aromatic heterocycles. The third kappa shape index (κ3) is 5.72. The molecule has 0 aliphatic heterocycles. The molecule has 0 amide bonds. The van der Waals surface area contributed by atoms with Crippen LogP contribution in [0.3, 0.4) is 0 Å². The molecule has 1 N–H and O–H groups in total. The summed E-state index contributed by atoms with van der Waals surface area (Å²) in [5.74, 6) is 1.25. The number of nitrogens with zero attached hydrogens (tertiary/aromatic N) is 6. The summed E-state index contributed by atoms with van der Waals surface area (Å²) in [5, 5.41) is 13.8. The molecular weight excluding hydrogens is 643 g/mol. The summed E-state index contributed by atoms with van der Waals surface area (Å²) >= 11 is 0. The minimum absolute atomic E-state index is 0.0795. The molecule has 0 fully saturated rings. The molecule has 0 saturated heterocycles. The number of benzene rings is 5. The van der Waals surface area contributed by atoms with Crippen molar-refractivity contribution in [1.29, 1.82) is 0 Å². The van der Waals surface area contributed by atoms with Crippen LogP contribution in [-0.2, 0) is 18.4 Å². The van der Waals surface area contributed by atoms with Crippen molar-refractivity contribution < 1.29 is 0 Å². The van der Waals surface area contributed by atoms with Crippen LogP contribution < -0.4 is 5.56 Å². The second kappa shape index (κ2) is 14.1. The average Bonchev–Trinajstić information content (AvgIpc) is 3.83. The highest BCUT2D eigenvalue weighted by Crippen LogP contribution is 2.43. The number of H-pyrrole nitrogens is 1. The molecule has 0 spiro atoms. The predicted octanol–water partition coefficient (Wildman–Crippen LogP) is 8.43. The minimum Gasteiger partial charge on any atom is -0.292 e. The number of unbranched alkanes of at least 4 members (excludes halogenated alkanes) is 1. The normalized spacial score (nSPS) is 11.7. The average molecular weight is 682 g/mol. The van der Waals surface area contributed by atoms with E-state index in [0.29, 0.717) is 18.0 Å². The first kappa shape index (κ1) is 32.8. The van der Waals surface area contributed by atoms with E-state index < -0.39 is 5.54 Å². The van der Waals surface area contributed by atoms with Crippen molar-refractivity contribution >= 4 is 5.78 Å². The van der Waals surface area contributed by atoms with Gasteiger partial charge in [-0.25, -0.2) is 9.67 Å². The smallest absolute Gasteiger partial charge is 0.256 e. The molecule has 52 heavy (non-hydrogen) atoms. The second-order valence-electron chi connectivity index (χ2n) is 13.2. The first-order valence-corrected chi connectivity index (χ1v) is 17.8. The van der Waals surface area contributed by atoms with E-state index in [0.717, 1.165) is 75.2 Å². The molecule has 8 aromatic rings. The van der Waals surface area contributed by atoms with Gasteiger partial charge in [0.15, 0.2) is 5.82 Å². The lowest BCUT2D eigenvalue weighted by molar-refractivity contribution is 0.451. The molecular formula is C44H39N7O. The van der Waals surface area contributed by atoms with Crippen LogP contribution in [0.1, 0.15) is 59.0 Å². The Morgan fingerprint density at radius 1 is 0.712 bits per heavy atom. The van der Waals surface area contributed by atoms with E-state index >= 15 is 0 Å². The Balaban J connectivity index is 1.23. The van der Waals surface area contributed by atoms with Crippen molar-refractivity contribution in [2.45, 2.75) is 45.1 Å². The van der Waals surface area contributed by atoms with Gasteiger partial charge in [0.1, 0.15) is 5.54 Å². The highest BCUT2D eigenvalue weighted by atomic mass is 16.1. The Hall–Kier alpha value is -6.41. The van der Waals surface area contributed by atoms with E-state index in [9.17, 15) is 4.79 Å². The summed E-state index contributed by atoms with van der Waals surface area (Å²) in [6.45, 7) is 4.20. The van der Waals surface area contributed by atoms with Gasteiger partial charge in [-0.2, -0.15) is 0 Å². The van der Waals surface area contributed by atoms with E-state index in [2.05, 4.69) is 136 Å². The Kier molecular flexibility index (Phi) is 8.87. The van der Waals surface area contributed by atoms with Crippen LogP contribution in [0.15, 0.2) is 151 Å². The van der Waals surface area contributed by atoms with Gasteiger partial charge in [0.2, 0.25) is 5.78 Å². The number of tetrazole rings is 1. The summed E-state index contributed by atoms with van der Waals surface area (Å²) < 4.78 is 4.07. The molecule has 8 heteroatoms. The monoisotopic (exact) mass is 681 g/mol. The van der Waals surface area contributed by atoms with Crippen molar-refractivity contribution in [3.05, 3.63) is 195 Å². The number of aryl methyl sites for hydroxylation is 2. The van der Waals surface area contributed by atoms with Crippen LogP contribution >= 0.6 is 0 Å². The number of aromatic amines is 1. The van der Waals surface area contributed by atoms with Gasteiger partial charge in [0.25, 0.3) is 5.56 Å². The molecule has 0 radical (unpaired) electrons. The third-order valence-corrected chi connectivity index (χ3v) is 10.00. The number of imidazole rings is 1. The molecule has 0 atom stereocenters. The lowest BCUT2D eigenvalue weighted by Crippen LogP contribution is -2.39. The fourth-order valence-corrected chi connectivity index (χ4v) is 7.52. The zero-order valence-corrected chi connectivity index (χ0v) is 29.3. The van der Waals surface area contributed by atoms with E-state index in [4.69, 9.17) is 10.3 Å². The third-order valence-electron chi connectivity index (χ3n) is 10.00. The molecule has 8 nitrogen and oxygen atoms in total. The summed E-state index contributed by atoms with van der Waals surface area (Å²) in [6.07, 6.45) is 5.20. The van der Waals surface area contributed by atoms with Crippen LogP contribution in [0.4, 0.5) is 0 Å². The molecule has 0 bridgehead atoms. The number of hydrogen-bond donors (Lipinski definition) is 1. The van der Waals surface area contributed by atoms with Crippen molar-refractivity contribution in [3.63, 3.8) is 0 Å². The standard InChI is InChI=1S/C44H39N7O/c1-3-4-24-40-39(42(52)46-43-45-30-31(2)50(40)43)29-32-25-27-33(28-26-32)37-22-14-15-23-38(37)41-47-48-49-51(41)44(34-16-8-5-9-17-34,35-18-10-6-11-19-35)36-20-12-7-13-21-36/h5-23,25-28,30H,3-4,24,29H2,1-2H3,(H,45,46,52). The molecule has 0 aliphatic carbocycles. The molecule has 0 unspecified atom stereocenters. The Bertz CT molecular complexity index is 2400. The van der Waals surface area contributed by atoms with E-state index in [-0.39, 0.29) is 5.56 Å². The van der Waals surface area contributed by atoms with E-state index in [1.807, 2.05) is 48.1 Å². The number of aromatic nitrogens is 7. The van der Waals surface area contributed by atoms with Crippen molar-refractivity contribution in [2.24, 2.45) is 0 Å². The van der Waals surface area contributed by atoms with Gasteiger partial charge in [-0.3, -0.25) is 14.2 Å². The number of fused-ring (bicyclic) bond motifs is 1. The Morgan fingerprint density at radius 3 is 1.88 bits per heavy atom. The molecule has 8 rings (SSSR count). The van der Waals surface area contributed by atoms with E-state index in [1.165, 1.54) is 0 Å². The van der Waals surface area contributed by atoms with Gasteiger partial charge in [-0.15, -0.1) is 5.10 Å². The number of hydrogen-bond acceptors (Lipinski definition) is 5. The SMILES string of the molecule is CCCCc1c(Cc2ccc(-c3ccccc3-c3nnnn3C(c3ccccc3)(c3ccccc3)c3ccccc3)cc2)c(=O)[nH]c2ncc(C)n12. The fraction of sp³-hybridized carbons (Fsp3) is 0.159. The maximum atomic E-state index is 13.4. The highest BCUT2D eigenvalue weighted by molar-refractivity contribution is 5.81. The van der Waals surface area contributed by atoms with Gasteiger partial charge in [0.05, 0.1) is 6.20 Å². The van der Waals surface area contributed by atoms with Gasteiger partial charge in [0, 0.05) is 28.9 Å². The highest BCUT2D eigenvalue weighted by Gasteiger charge is 2.42. The lowest BCUT2D eigenvalue weighted by Gasteiger charge is -2.36. The van der Waals surface area contributed by atoms with Crippen LogP contribution in [-0.4, -0.2) is 34.6 Å². The molecule has 0 saturated carbocycles. The first-order chi connectivity index (χ1) is 25.6. The minimum atomic E-state index is -0.864. The summed E-state index contributed by atoms with van der Waals surface area (Å²) in [7, 11) is 0. The molecule has 3 heterocycles. The van der Waals surface area contributed by atoms with Gasteiger partial charge in [-0.1, -0.05) is 153 Å². The number of rotatable bonds is 11. The van der Waals surface area contributed by atoms with Gasteiger partial charge in [-0.05, 0) is 63.6 Å². The zero-order valence-electron chi connectivity index (χ0n) is 29.3. The van der Waals surface area contributed by atoms with Crippen molar-refractivity contribution in [3.8, 4) is 22.5 Å². The maximum absolute atomic E-state index is 13.4.